The van der Waals surface area contributed by atoms with Crippen LogP contribution in [0, 0.1) is 10.1 Å². The van der Waals surface area contributed by atoms with E-state index in [-0.39, 0.29) is 23.0 Å². The maximum atomic E-state index is 10.6. The highest BCUT2D eigenvalue weighted by atomic mass is 35.5. The van der Waals surface area contributed by atoms with Crippen molar-refractivity contribution in [1.29, 1.82) is 0 Å². The Labute approximate surface area is 85.6 Å². The molecule has 0 atom stereocenters. The summed E-state index contributed by atoms with van der Waals surface area (Å²) in [6.07, 6.45) is 0. The van der Waals surface area contributed by atoms with E-state index in [0.717, 1.165) is 0 Å². The number of methoxy groups -OCH3 is 1. The molecule has 0 aromatic heterocycles. The number of nitrogens with two attached hydrogens (primary N) is 1. The van der Waals surface area contributed by atoms with E-state index in [1.807, 2.05) is 0 Å². The van der Waals surface area contributed by atoms with E-state index in [1.54, 1.807) is 0 Å². The molecule has 1 aromatic carbocycles. The fraction of sp³-hybridized carbons (Fsp3) is 0.250. The second-order valence-corrected chi connectivity index (χ2v) is 2.98. The molecule has 1 rings (SSSR count). The van der Waals surface area contributed by atoms with Gasteiger partial charge in [0.1, 0.15) is 0 Å². The summed E-state index contributed by atoms with van der Waals surface area (Å²) >= 11 is 5.76. The Morgan fingerprint density at radius 3 is 2.71 bits per heavy atom. The SMILES string of the molecule is COc1cc(CN)c(Cl)cc1[N+](=O)[O-]. The lowest BCUT2D eigenvalue weighted by molar-refractivity contribution is -0.385. The van der Waals surface area contributed by atoms with Crippen molar-refractivity contribution in [1.82, 2.24) is 0 Å². The van der Waals surface area contributed by atoms with Crippen LogP contribution in [0.1, 0.15) is 5.56 Å². The number of halogens is 1. The second kappa shape index (κ2) is 4.26. The summed E-state index contributed by atoms with van der Waals surface area (Å²) in [6.45, 7) is 0.215. The molecule has 0 heterocycles. The number of nitro benzene ring substituents is 1. The molecule has 0 amide bonds. The fourth-order valence-corrected chi connectivity index (χ4v) is 1.28. The molecule has 0 saturated heterocycles. The smallest absolute Gasteiger partial charge is 0.312 e. The highest BCUT2D eigenvalue weighted by Crippen LogP contribution is 2.32. The van der Waals surface area contributed by atoms with Gasteiger partial charge >= 0.3 is 5.69 Å². The molecule has 0 spiro atoms. The monoisotopic (exact) mass is 216 g/mol. The number of rotatable bonds is 3. The van der Waals surface area contributed by atoms with Gasteiger partial charge in [-0.25, -0.2) is 0 Å². The summed E-state index contributed by atoms with van der Waals surface area (Å²) in [5.74, 6) is 0.167. The van der Waals surface area contributed by atoms with Gasteiger partial charge in [0.2, 0.25) is 0 Å². The molecule has 0 aliphatic rings. The largest absolute Gasteiger partial charge is 0.490 e. The highest BCUT2D eigenvalue weighted by molar-refractivity contribution is 6.31. The standard InChI is InChI=1S/C8H9ClN2O3/c1-14-8-2-5(4-10)6(9)3-7(8)11(12)13/h2-3H,4,10H2,1H3. The molecule has 14 heavy (non-hydrogen) atoms. The average Bonchev–Trinajstić information content (AvgIpc) is 2.17. The van der Waals surface area contributed by atoms with Gasteiger partial charge in [-0.2, -0.15) is 0 Å². The quantitative estimate of drug-likeness (QED) is 0.616. The minimum absolute atomic E-state index is 0.158. The third kappa shape index (κ3) is 1.94. The molecule has 2 N–H and O–H groups in total. The van der Waals surface area contributed by atoms with Gasteiger partial charge in [-0.05, 0) is 11.6 Å². The van der Waals surface area contributed by atoms with Crippen LogP contribution in [-0.4, -0.2) is 12.0 Å². The average molecular weight is 217 g/mol. The Kier molecular flexibility index (Phi) is 3.27. The lowest BCUT2D eigenvalue weighted by atomic mass is 10.2. The molecule has 0 saturated carbocycles. The van der Waals surface area contributed by atoms with E-state index in [1.165, 1.54) is 19.2 Å². The molecular weight excluding hydrogens is 208 g/mol. The highest BCUT2D eigenvalue weighted by Gasteiger charge is 2.17. The summed E-state index contributed by atoms with van der Waals surface area (Å²) in [5.41, 5.74) is 5.85. The topological polar surface area (TPSA) is 78.4 Å². The summed E-state index contributed by atoms with van der Waals surface area (Å²) in [6, 6.07) is 2.71. The maximum absolute atomic E-state index is 10.6. The summed E-state index contributed by atoms with van der Waals surface area (Å²) in [7, 11) is 1.36. The Hall–Kier alpha value is -1.33. The van der Waals surface area contributed by atoms with E-state index in [0.29, 0.717) is 5.56 Å². The third-order valence-corrected chi connectivity index (χ3v) is 2.12. The second-order valence-electron chi connectivity index (χ2n) is 2.58. The van der Waals surface area contributed by atoms with Crippen molar-refractivity contribution in [2.24, 2.45) is 5.73 Å². The van der Waals surface area contributed by atoms with Crippen LogP contribution in [0.5, 0.6) is 5.75 Å². The molecule has 0 radical (unpaired) electrons. The minimum Gasteiger partial charge on any atom is -0.490 e. The van der Waals surface area contributed by atoms with Gasteiger partial charge in [0, 0.05) is 12.6 Å². The summed E-state index contributed by atoms with van der Waals surface area (Å²) in [4.78, 5) is 10.0. The Bertz CT molecular complexity index is 368. The first-order valence-electron chi connectivity index (χ1n) is 3.81. The Morgan fingerprint density at radius 2 is 2.29 bits per heavy atom. The first-order chi connectivity index (χ1) is 6.60. The van der Waals surface area contributed by atoms with Crippen molar-refractivity contribution in [2.45, 2.75) is 6.54 Å². The van der Waals surface area contributed by atoms with Crippen LogP contribution in [0.15, 0.2) is 12.1 Å². The normalized spacial score (nSPS) is 9.93. The number of benzene rings is 1. The summed E-state index contributed by atoms with van der Waals surface area (Å²) in [5, 5.41) is 10.8. The zero-order valence-electron chi connectivity index (χ0n) is 7.49. The Balaban J connectivity index is 3.31. The van der Waals surface area contributed by atoms with E-state index in [9.17, 15) is 10.1 Å². The van der Waals surface area contributed by atoms with Crippen molar-refractivity contribution >= 4 is 17.3 Å². The van der Waals surface area contributed by atoms with Crippen molar-refractivity contribution in [3.8, 4) is 5.75 Å². The molecule has 0 aliphatic carbocycles. The van der Waals surface area contributed by atoms with Gasteiger partial charge in [0.05, 0.1) is 17.1 Å². The van der Waals surface area contributed by atoms with E-state index < -0.39 is 4.92 Å². The minimum atomic E-state index is -0.551. The zero-order chi connectivity index (χ0) is 10.7. The van der Waals surface area contributed by atoms with E-state index >= 15 is 0 Å². The molecule has 6 heteroatoms. The first-order valence-corrected chi connectivity index (χ1v) is 4.18. The van der Waals surface area contributed by atoms with Gasteiger partial charge in [0.25, 0.3) is 0 Å². The Morgan fingerprint density at radius 1 is 1.64 bits per heavy atom. The van der Waals surface area contributed by atoms with Gasteiger partial charge in [-0.15, -0.1) is 0 Å². The number of nitro groups is 1. The molecular formula is C8H9ClN2O3. The molecule has 76 valence electrons. The van der Waals surface area contributed by atoms with E-state index in [4.69, 9.17) is 22.1 Å². The number of hydrogen-bond donors (Lipinski definition) is 1. The molecule has 0 fully saturated rings. The van der Waals surface area contributed by atoms with Gasteiger partial charge in [0.15, 0.2) is 5.75 Å². The molecule has 0 bridgehead atoms. The van der Waals surface area contributed by atoms with Crippen molar-refractivity contribution in [3.63, 3.8) is 0 Å². The van der Waals surface area contributed by atoms with Crippen LogP contribution < -0.4 is 10.5 Å². The van der Waals surface area contributed by atoms with Crippen LogP contribution >= 0.6 is 11.6 Å². The van der Waals surface area contributed by atoms with Crippen LogP contribution in [-0.2, 0) is 6.54 Å². The molecule has 0 aliphatic heterocycles. The fourth-order valence-electron chi connectivity index (χ4n) is 1.05. The van der Waals surface area contributed by atoms with Crippen LogP contribution in [0.4, 0.5) is 5.69 Å². The predicted octanol–water partition coefficient (Wildman–Crippen LogP) is 1.72. The van der Waals surface area contributed by atoms with Crippen molar-refractivity contribution < 1.29 is 9.66 Å². The molecule has 1 aromatic rings. The molecule has 0 unspecified atom stereocenters. The number of nitrogens with zero attached hydrogens (tertiary/aromatic N) is 1. The van der Waals surface area contributed by atoms with Crippen LogP contribution in [0.3, 0.4) is 0 Å². The van der Waals surface area contributed by atoms with Crippen LogP contribution in [0.2, 0.25) is 5.02 Å². The predicted molar refractivity (Wildman–Crippen MR) is 52.5 cm³/mol. The van der Waals surface area contributed by atoms with Gasteiger partial charge in [-0.3, -0.25) is 10.1 Å². The maximum Gasteiger partial charge on any atom is 0.312 e. The van der Waals surface area contributed by atoms with Gasteiger partial charge in [-0.1, -0.05) is 11.6 Å². The van der Waals surface area contributed by atoms with Crippen LogP contribution in [0.25, 0.3) is 0 Å². The number of hydrogen-bond acceptors (Lipinski definition) is 4. The lowest BCUT2D eigenvalue weighted by Gasteiger charge is -2.05. The third-order valence-electron chi connectivity index (χ3n) is 1.76. The lowest BCUT2D eigenvalue weighted by Crippen LogP contribution is -2.00. The van der Waals surface area contributed by atoms with Crippen molar-refractivity contribution in [3.05, 3.63) is 32.8 Å². The van der Waals surface area contributed by atoms with Gasteiger partial charge < -0.3 is 10.5 Å². The molecule has 5 nitrogen and oxygen atoms in total. The summed E-state index contributed by atoms with van der Waals surface area (Å²) < 4.78 is 4.85. The number of ether oxygens (including phenoxy) is 1. The van der Waals surface area contributed by atoms with Crippen molar-refractivity contribution in [2.75, 3.05) is 7.11 Å². The zero-order valence-corrected chi connectivity index (χ0v) is 8.25. The first kappa shape index (κ1) is 10.7. The van der Waals surface area contributed by atoms with E-state index in [2.05, 4.69) is 0 Å².